The van der Waals surface area contributed by atoms with Crippen molar-refractivity contribution in [3.8, 4) is 0 Å². The van der Waals surface area contributed by atoms with E-state index in [0.717, 1.165) is 18.0 Å². The molecule has 0 spiro atoms. The fourth-order valence-corrected chi connectivity index (χ4v) is 2.78. The molecule has 1 unspecified atom stereocenters. The minimum absolute atomic E-state index is 0.372. The number of aliphatic hydroxyl groups excluding tert-OH is 1. The van der Waals surface area contributed by atoms with Crippen LogP contribution in [0.25, 0.3) is 0 Å². The summed E-state index contributed by atoms with van der Waals surface area (Å²) in [4.78, 5) is 5.38. The number of nitrogens with one attached hydrogen (secondary N) is 1. The van der Waals surface area contributed by atoms with Crippen molar-refractivity contribution in [1.29, 1.82) is 0 Å². The van der Waals surface area contributed by atoms with Crippen LogP contribution >= 0.6 is 11.3 Å². The predicted octanol–water partition coefficient (Wildman–Crippen LogP) is 1.66. The lowest BCUT2D eigenvalue weighted by Crippen LogP contribution is -2.26. The third kappa shape index (κ3) is 2.13. The first kappa shape index (κ1) is 10.1. The Balaban J connectivity index is 2.07. The van der Waals surface area contributed by atoms with Crippen LogP contribution in [-0.2, 0) is 0 Å². The fraction of sp³-hybridized carbons (Fsp3) is 0.700. The maximum absolute atomic E-state index is 9.39. The number of hydrogen-bond acceptors (Lipinski definition) is 4. The number of nitrogens with zero attached hydrogens (tertiary/aromatic N) is 1. The van der Waals surface area contributed by atoms with Gasteiger partial charge in [0.15, 0.2) is 0 Å². The van der Waals surface area contributed by atoms with Crippen LogP contribution in [0.4, 0.5) is 0 Å². The molecule has 0 aliphatic carbocycles. The van der Waals surface area contributed by atoms with E-state index in [1.165, 1.54) is 17.8 Å². The van der Waals surface area contributed by atoms with E-state index in [2.05, 4.69) is 10.3 Å². The molecule has 0 radical (unpaired) electrons. The van der Waals surface area contributed by atoms with Gasteiger partial charge in [-0.05, 0) is 32.9 Å². The summed E-state index contributed by atoms with van der Waals surface area (Å²) >= 11 is 1.66. The van der Waals surface area contributed by atoms with Crippen LogP contribution in [0.2, 0.25) is 0 Å². The highest BCUT2D eigenvalue weighted by Gasteiger charge is 2.19. The smallest absolute Gasteiger partial charge is 0.0960 e. The SMILES string of the molecule is CC(O)c1cnc(C2CCNCC2)s1. The molecule has 1 aliphatic rings. The summed E-state index contributed by atoms with van der Waals surface area (Å²) in [5, 5.41) is 13.9. The Bertz CT molecular complexity index is 292. The molecule has 1 atom stereocenters. The van der Waals surface area contributed by atoms with Crippen LogP contribution in [0.3, 0.4) is 0 Å². The number of hydrogen-bond donors (Lipinski definition) is 2. The number of thiazole rings is 1. The zero-order chi connectivity index (χ0) is 9.97. The normalized spacial score (nSPS) is 21.0. The Morgan fingerprint density at radius 3 is 2.86 bits per heavy atom. The second-order valence-electron chi connectivity index (χ2n) is 3.80. The average molecular weight is 212 g/mol. The third-order valence-electron chi connectivity index (χ3n) is 2.64. The summed E-state index contributed by atoms with van der Waals surface area (Å²) in [5.41, 5.74) is 0. The lowest BCUT2D eigenvalue weighted by atomic mass is 9.99. The second-order valence-corrected chi connectivity index (χ2v) is 4.89. The van der Waals surface area contributed by atoms with Crippen molar-refractivity contribution in [2.45, 2.75) is 31.8 Å². The van der Waals surface area contributed by atoms with Crippen molar-refractivity contribution in [3.63, 3.8) is 0 Å². The Hall–Kier alpha value is -0.450. The van der Waals surface area contributed by atoms with Crippen LogP contribution in [-0.4, -0.2) is 23.2 Å². The molecule has 3 nitrogen and oxygen atoms in total. The molecule has 1 fully saturated rings. The highest BCUT2D eigenvalue weighted by Crippen LogP contribution is 2.30. The van der Waals surface area contributed by atoms with E-state index in [9.17, 15) is 5.11 Å². The summed E-state index contributed by atoms with van der Waals surface area (Å²) in [7, 11) is 0. The molecular weight excluding hydrogens is 196 g/mol. The monoisotopic (exact) mass is 212 g/mol. The largest absolute Gasteiger partial charge is 0.388 e. The van der Waals surface area contributed by atoms with Gasteiger partial charge in [0, 0.05) is 12.1 Å². The van der Waals surface area contributed by atoms with Gasteiger partial charge in [-0.2, -0.15) is 0 Å². The molecule has 0 bridgehead atoms. The van der Waals surface area contributed by atoms with Crippen molar-refractivity contribution >= 4 is 11.3 Å². The van der Waals surface area contributed by atoms with E-state index in [0.29, 0.717) is 5.92 Å². The first-order valence-corrected chi connectivity index (χ1v) is 5.93. The first-order valence-electron chi connectivity index (χ1n) is 5.12. The van der Waals surface area contributed by atoms with Crippen molar-refractivity contribution in [1.82, 2.24) is 10.3 Å². The highest BCUT2D eigenvalue weighted by molar-refractivity contribution is 7.11. The van der Waals surface area contributed by atoms with Crippen molar-refractivity contribution in [3.05, 3.63) is 16.1 Å². The topological polar surface area (TPSA) is 45.2 Å². The summed E-state index contributed by atoms with van der Waals surface area (Å²) in [6.45, 7) is 3.97. The Morgan fingerprint density at radius 1 is 1.57 bits per heavy atom. The molecule has 1 saturated heterocycles. The maximum atomic E-state index is 9.39. The zero-order valence-electron chi connectivity index (χ0n) is 8.36. The van der Waals surface area contributed by atoms with E-state index >= 15 is 0 Å². The van der Waals surface area contributed by atoms with E-state index in [4.69, 9.17) is 0 Å². The number of piperidine rings is 1. The van der Waals surface area contributed by atoms with Gasteiger partial charge >= 0.3 is 0 Å². The quantitative estimate of drug-likeness (QED) is 0.783. The highest BCUT2D eigenvalue weighted by atomic mass is 32.1. The molecule has 1 aromatic heterocycles. The van der Waals surface area contributed by atoms with Crippen LogP contribution in [0, 0.1) is 0 Å². The summed E-state index contributed by atoms with van der Waals surface area (Å²) < 4.78 is 0. The van der Waals surface area contributed by atoms with E-state index in [1.807, 2.05) is 6.20 Å². The van der Waals surface area contributed by atoms with Crippen LogP contribution in [0.5, 0.6) is 0 Å². The van der Waals surface area contributed by atoms with Crippen molar-refractivity contribution < 1.29 is 5.11 Å². The number of aromatic nitrogens is 1. The fourth-order valence-electron chi connectivity index (χ4n) is 1.75. The molecule has 1 aliphatic heterocycles. The van der Waals surface area contributed by atoms with Gasteiger partial charge in [-0.1, -0.05) is 0 Å². The van der Waals surface area contributed by atoms with Gasteiger partial charge in [0.1, 0.15) is 0 Å². The lowest BCUT2D eigenvalue weighted by molar-refractivity contribution is 0.203. The Labute approximate surface area is 88.2 Å². The zero-order valence-corrected chi connectivity index (χ0v) is 9.18. The van der Waals surface area contributed by atoms with Crippen molar-refractivity contribution in [2.24, 2.45) is 0 Å². The van der Waals surface area contributed by atoms with Crippen molar-refractivity contribution in [2.75, 3.05) is 13.1 Å². The standard InChI is InChI=1S/C10H16N2OS/c1-7(13)9-6-12-10(14-9)8-2-4-11-5-3-8/h6-8,11,13H,2-5H2,1H3. The number of rotatable bonds is 2. The second kappa shape index (κ2) is 4.38. The first-order chi connectivity index (χ1) is 6.77. The van der Waals surface area contributed by atoms with Crippen LogP contribution in [0.15, 0.2) is 6.20 Å². The van der Waals surface area contributed by atoms with E-state index < -0.39 is 0 Å². The molecular formula is C10H16N2OS. The third-order valence-corrected chi connectivity index (χ3v) is 3.97. The van der Waals surface area contributed by atoms with Gasteiger partial charge in [0.05, 0.1) is 16.0 Å². The van der Waals surface area contributed by atoms with Gasteiger partial charge in [-0.25, -0.2) is 4.98 Å². The van der Waals surface area contributed by atoms with Gasteiger partial charge in [0.2, 0.25) is 0 Å². The van der Waals surface area contributed by atoms with Crippen LogP contribution in [0.1, 0.15) is 41.7 Å². The molecule has 1 aromatic rings. The molecule has 2 rings (SSSR count). The predicted molar refractivity (Wildman–Crippen MR) is 57.6 cm³/mol. The van der Waals surface area contributed by atoms with Gasteiger partial charge in [0.25, 0.3) is 0 Å². The molecule has 0 saturated carbocycles. The van der Waals surface area contributed by atoms with Gasteiger partial charge < -0.3 is 10.4 Å². The molecule has 2 heterocycles. The number of aliphatic hydroxyl groups is 1. The molecule has 2 N–H and O–H groups in total. The van der Waals surface area contributed by atoms with E-state index in [-0.39, 0.29) is 6.10 Å². The molecule has 4 heteroatoms. The Morgan fingerprint density at radius 2 is 2.29 bits per heavy atom. The molecule has 0 aromatic carbocycles. The summed E-state index contributed by atoms with van der Waals surface area (Å²) in [6.07, 6.45) is 3.79. The summed E-state index contributed by atoms with van der Waals surface area (Å²) in [6, 6.07) is 0. The minimum atomic E-state index is -0.372. The molecule has 0 amide bonds. The van der Waals surface area contributed by atoms with Gasteiger partial charge in [-0.15, -0.1) is 11.3 Å². The van der Waals surface area contributed by atoms with E-state index in [1.54, 1.807) is 18.3 Å². The van der Waals surface area contributed by atoms with Crippen LogP contribution < -0.4 is 5.32 Å². The summed E-state index contributed by atoms with van der Waals surface area (Å²) in [5.74, 6) is 0.605. The minimum Gasteiger partial charge on any atom is -0.388 e. The van der Waals surface area contributed by atoms with Gasteiger partial charge in [-0.3, -0.25) is 0 Å². The molecule has 78 valence electrons. The molecule has 14 heavy (non-hydrogen) atoms. The Kier molecular flexibility index (Phi) is 3.15. The average Bonchev–Trinajstić information content (AvgIpc) is 2.68. The maximum Gasteiger partial charge on any atom is 0.0960 e. The lowest BCUT2D eigenvalue weighted by Gasteiger charge is -2.20.